The highest BCUT2D eigenvalue weighted by Crippen LogP contribution is 2.26. The Balaban J connectivity index is 2.30. The molecule has 8 heteroatoms. The molecule has 2 amide bonds. The van der Waals surface area contributed by atoms with E-state index < -0.39 is 27.2 Å². The zero-order valence-corrected chi connectivity index (χ0v) is 12.5. The maximum Gasteiger partial charge on any atom is 0.315 e. The van der Waals surface area contributed by atoms with Crippen LogP contribution in [0.2, 0.25) is 0 Å². The smallest absolute Gasteiger partial charge is 0.315 e. The third-order valence-electron chi connectivity index (χ3n) is 3.82. The van der Waals surface area contributed by atoms with Gasteiger partial charge in [0.2, 0.25) is 9.84 Å². The van der Waals surface area contributed by atoms with Crippen molar-refractivity contribution >= 4 is 15.9 Å². The average molecular weight is 313 g/mol. The fourth-order valence-electron chi connectivity index (χ4n) is 2.59. The Bertz CT molecular complexity index is 605. The Morgan fingerprint density at radius 2 is 2.14 bits per heavy atom. The van der Waals surface area contributed by atoms with Crippen LogP contribution in [0.1, 0.15) is 19.8 Å². The summed E-state index contributed by atoms with van der Waals surface area (Å²) < 4.78 is 25.2. The first-order chi connectivity index (χ1) is 9.84. The predicted molar refractivity (Wildman–Crippen MR) is 76.2 cm³/mol. The molecule has 21 heavy (non-hydrogen) atoms. The molecular weight excluding hydrogens is 294 g/mol. The molecule has 7 nitrogen and oxygen atoms in total. The molecule has 1 fully saturated rings. The topological polar surface area (TPSA) is 114 Å². The highest BCUT2D eigenvalue weighted by atomic mass is 32.2. The minimum Gasteiger partial charge on any atom is -0.390 e. The lowest BCUT2D eigenvalue weighted by Crippen LogP contribution is -2.46. The number of aliphatic hydroxyl groups is 1. The highest BCUT2D eigenvalue weighted by molar-refractivity contribution is 7.92. The Labute approximate surface area is 123 Å². The third kappa shape index (κ3) is 3.16. The van der Waals surface area contributed by atoms with Crippen molar-refractivity contribution in [2.24, 2.45) is 5.73 Å². The number of amides is 2. The Hall–Kier alpha value is -1.67. The Kier molecular flexibility index (Phi) is 4.48. The van der Waals surface area contributed by atoms with Crippen molar-refractivity contribution in [1.82, 2.24) is 9.88 Å². The van der Waals surface area contributed by atoms with Crippen molar-refractivity contribution in [3.05, 3.63) is 24.4 Å². The van der Waals surface area contributed by atoms with E-state index in [-0.39, 0.29) is 24.0 Å². The second-order valence-electron chi connectivity index (χ2n) is 5.24. The summed E-state index contributed by atoms with van der Waals surface area (Å²) in [6, 6.07) is 3.75. The van der Waals surface area contributed by atoms with Gasteiger partial charge in [0.05, 0.1) is 11.4 Å². The molecule has 2 rings (SSSR count). The number of aromatic nitrogens is 1. The quantitative estimate of drug-likeness (QED) is 0.806. The van der Waals surface area contributed by atoms with Crippen LogP contribution in [0.3, 0.4) is 0 Å². The summed E-state index contributed by atoms with van der Waals surface area (Å²) in [6.45, 7) is 1.69. The molecule has 0 saturated carbocycles. The number of hydrogen-bond donors (Lipinski definition) is 2. The molecule has 0 aliphatic carbocycles. The number of β-amino-alcohol motifs (C(OH)–C–C–N with tert-alkyl or cyclic N) is 1. The van der Waals surface area contributed by atoms with E-state index in [0.717, 1.165) is 0 Å². The minimum absolute atomic E-state index is 0.0609. The molecule has 1 aromatic heterocycles. The second kappa shape index (κ2) is 5.98. The predicted octanol–water partition coefficient (Wildman–Crippen LogP) is 0.148. The number of sulfone groups is 1. The minimum atomic E-state index is -3.75. The van der Waals surface area contributed by atoms with Crippen LogP contribution < -0.4 is 5.73 Å². The number of hydrogen-bond acceptors (Lipinski definition) is 5. The van der Waals surface area contributed by atoms with Gasteiger partial charge in [0.15, 0.2) is 5.03 Å². The maximum atomic E-state index is 12.6. The van der Waals surface area contributed by atoms with Crippen LogP contribution in [0.5, 0.6) is 0 Å². The molecule has 1 aliphatic rings. The fourth-order valence-corrected chi connectivity index (χ4v) is 4.32. The van der Waals surface area contributed by atoms with E-state index in [1.165, 1.54) is 17.2 Å². The van der Waals surface area contributed by atoms with Crippen molar-refractivity contribution in [3.8, 4) is 0 Å². The molecule has 1 unspecified atom stereocenters. The summed E-state index contributed by atoms with van der Waals surface area (Å²) in [4.78, 5) is 16.5. The summed E-state index contributed by atoms with van der Waals surface area (Å²) in [5.74, 6) is 0. The van der Waals surface area contributed by atoms with E-state index in [4.69, 9.17) is 5.73 Å². The normalized spacial score (nSPS) is 27.1. The van der Waals surface area contributed by atoms with Crippen molar-refractivity contribution in [2.75, 3.05) is 6.54 Å². The highest BCUT2D eigenvalue weighted by Gasteiger charge is 2.39. The Morgan fingerprint density at radius 3 is 2.71 bits per heavy atom. The van der Waals surface area contributed by atoms with Crippen LogP contribution >= 0.6 is 0 Å². The Morgan fingerprint density at radius 1 is 1.43 bits per heavy atom. The monoisotopic (exact) mass is 313 g/mol. The summed E-state index contributed by atoms with van der Waals surface area (Å²) in [6.07, 6.45) is 0.922. The molecule has 0 aromatic carbocycles. The van der Waals surface area contributed by atoms with E-state index in [2.05, 4.69) is 4.98 Å². The molecule has 1 aliphatic heterocycles. The first-order valence-corrected chi connectivity index (χ1v) is 8.27. The van der Waals surface area contributed by atoms with E-state index in [9.17, 15) is 18.3 Å². The number of urea groups is 1. The lowest BCUT2D eigenvalue weighted by molar-refractivity contribution is 0.120. The van der Waals surface area contributed by atoms with Gasteiger partial charge in [0, 0.05) is 18.8 Å². The van der Waals surface area contributed by atoms with Crippen molar-refractivity contribution in [1.29, 1.82) is 0 Å². The number of carbonyl (C=O) groups excluding carboxylic acids is 1. The summed E-state index contributed by atoms with van der Waals surface area (Å²) in [5, 5.41) is 9.18. The van der Waals surface area contributed by atoms with Crippen LogP contribution in [0.15, 0.2) is 29.4 Å². The number of likely N-dealkylation sites (tertiary alicyclic amines) is 1. The number of nitrogens with zero attached hydrogens (tertiary/aromatic N) is 2. The standard InChI is InChI=1S/C13H19N3O4S/c1-9-5-6-11(10(17)8-16(9)13(14)18)21(19,20)12-4-2-3-7-15-12/h2-4,7,9-11,17H,5-6,8H2,1H3,(H2,14,18)/t9-,10+,11?/m1/s1. The lowest BCUT2D eigenvalue weighted by Gasteiger charge is -2.26. The fraction of sp³-hybridized carbons (Fsp3) is 0.538. The van der Waals surface area contributed by atoms with E-state index in [1.807, 2.05) is 0 Å². The van der Waals surface area contributed by atoms with E-state index >= 15 is 0 Å². The summed E-state index contributed by atoms with van der Waals surface area (Å²) in [7, 11) is -3.75. The molecule has 2 heterocycles. The van der Waals surface area contributed by atoms with Gasteiger partial charge in [0.25, 0.3) is 0 Å². The third-order valence-corrected chi connectivity index (χ3v) is 6.00. The van der Waals surface area contributed by atoms with Crippen LogP contribution in [0, 0.1) is 0 Å². The van der Waals surface area contributed by atoms with Gasteiger partial charge < -0.3 is 15.7 Å². The largest absolute Gasteiger partial charge is 0.390 e. The van der Waals surface area contributed by atoms with Gasteiger partial charge in [-0.15, -0.1) is 0 Å². The van der Waals surface area contributed by atoms with Crippen LogP contribution in [-0.2, 0) is 9.84 Å². The van der Waals surface area contributed by atoms with Crippen LogP contribution in [0.4, 0.5) is 4.79 Å². The van der Waals surface area contributed by atoms with E-state index in [1.54, 1.807) is 19.1 Å². The average Bonchev–Trinajstić information content (AvgIpc) is 2.59. The van der Waals surface area contributed by atoms with Crippen LogP contribution in [0.25, 0.3) is 0 Å². The van der Waals surface area contributed by atoms with Crippen molar-refractivity contribution in [2.45, 2.75) is 42.2 Å². The number of carbonyl (C=O) groups is 1. The zero-order valence-electron chi connectivity index (χ0n) is 11.7. The van der Waals surface area contributed by atoms with Gasteiger partial charge in [-0.05, 0) is 31.9 Å². The van der Waals surface area contributed by atoms with Gasteiger partial charge in [-0.2, -0.15) is 0 Å². The van der Waals surface area contributed by atoms with Crippen LogP contribution in [-0.4, -0.2) is 53.4 Å². The molecule has 0 bridgehead atoms. The molecule has 1 saturated heterocycles. The molecule has 3 N–H and O–H groups in total. The number of pyridine rings is 1. The van der Waals surface area contributed by atoms with Crippen molar-refractivity contribution < 1.29 is 18.3 Å². The number of nitrogens with two attached hydrogens (primary N) is 1. The first kappa shape index (κ1) is 15.7. The van der Waals surface area contributed by atoms with Gasteiger partial charge in [-0.25, -0.2) is 18.2 Å². The summed E-state index contributed by atoms with van der Waals surface area (Å²) in [5.41, 5.74) is 5.27. The van der Waals surface area contributed by atoms with Gasteiger partial charge in [-0.3, -0.25) is 0 Å². The number of aliphatic hydroxyl groups excluding tert-OH is 1. The molecule has 0 spiro atoms. The zero-order chi connectivity index (χ0) is 15.6. The summed E-state index contributed by atoms with van der Waals surface area (Å²) >= 11 is 0. The first-order valence-electron chi connectivity index (χ1n) is 6.73. The molecular formula is C13H19N3O4S. The lowest BCUT2D eigenvalue weighted by atomic mass is 10.1. The van der Waals surface area contributed by atoms with Crippen molar-refractivity contribution in [3.63, 3.8) is 0 Å². The van der Waals surface area contributed by atoms with Gasteiger partial charge in [-0.1, -0.05) is 6.07 Å². The molecule has 3 atom stereocenters. The van der Waals surface area contributed by atoms with Gasteiger partial charge in [0.1, 0.15) is 0 Å². The molecule has 1 aromatic rings. The van der Waals surface area contributed by atoms with E-state index in [0.29, 0.717) is 6.42 Å². The van der Waals surface area contributed by atoms with Gasteiger partial charge >= 0.3 is 6.03 Å². The molecule has 0 radical (unpaired) electrons. The maximum absolute atomic E-state index is 12.6. The number of primary amides is 1. The SMILES string of the molecule is C[C@@H]1CCC(S(=O)(=O)c2ccccn2)[C@@H](O)CN1C(N)=O. The second-order valence-corrected chi connectivity index (χ2v) is 7.35. The molecule has 116 valence electrons. The number of rotatable bonds is 2.